The van der Waals surface area contributed by atoms with Crippen molar-refractivity contribution in [1.82, 2.24) is 10.1 Å². The van der Waals surface area contributed by atoms with Crippen LogP contribution in [0.15, 0.2) is 28.8 Å². The zero-order valence-electron chi connectivity index (χ0n) is 13.5. The van der Waals surface area contributed by atoms with E-state index in [2.05, 4.69) is 5.16 Å². The maximum Gasteiger partial charge on any atom is 0.227 e. The Kier molecular flexibility index (Phi) is 4.46. The van der Waals surface area contributed by atoms with Crippen LogP contribution in [0.4, 0.5) is 4.39 Å². The lowest BCUT2D eigenvalue weighted by atomic mass is 10.0. The van der Waals surface area contributed by atoms with E-state index in [-0.39, 0.29) is 24.2 Å². The zero-order valence-corrected chi connectivity index (χ0v) is 13.5. The first kappa shape index (κ1) is 15.7. The average molecular weight is 316 g/mol. The third kappa shape index (κ3) is 3.00. The molecule has 1 aromatic heterocycles. The third-order valence-corrected chi connectivity index (χ3v) is 4.51. The molecule has 0 N–H and O–H groups in total. The molecule has 4 nitrogen and oxygen atoms in total. The lowest BCUT2D eigenvalue weighted by Crippen LogP contribution is -2.32. The largest absolute Gasteiger partial charge is 0.361 e. The highest BCUT2D eigenvalue weighted by molar-refractivity contribution is 5.79. The van der Waals surface area contributed by atoms with Gasteiger partial charge in [-0.15, -0.1) is 0 Å². The van der Waals surface area contributed by atoms with E-state index in [0.29, 0.717) is 12.1 Å². The first-order valence-electron chi connectivity index (χ1n) is 8.09. The molecule has 1 aliphatic rings. The minimum absolute atomic E-state index is 0.00419. The molecule has 1 aliphatic heterocycles. The van der Waals surface area contributed by atoms with Crippen molar-refractivity contribution in [1.29, 1.82) is 0 Å². The van der Waals surface area contributed by atoms with Gasteiger partial charge in [-0.25, -0.2) is 4.39 Å². The van der Waals surface area contributed by atoms with Crippen molar-refractivity contribution in [3.05, 3.63) is 52.7 Å². The van der Waals surface area contributed by atoms with Gasteiger partial charge in [0.2, 0.25) is 5.91 Å². The Morgan fingerprint density at radius 2 is 2.22 bits per heavy atom. The van der Waals surface area contributed by atoms with E-state index < -0.39 is 0 Å². The fourth-order valence-corrected chi connectivity index (χ4v) is 3.38. The van der Waals surface area contributed by atoms with Gasteiger partial charge in [-0.2, -0.15) is 0 Å². The Morgan fingerprint density at radius 3 is 2.96 bits per heavy atom. The molecular weight excluding hydrogens is 295 g/mol. The van der Waals surface area contributed by atoms with Gasteiger partial charge < -0.3 is 9.42 Å². The molecule has 3 rings (SSSR count). The Morgan fingerprint density at radius 1 is 1.43 bits per heavy atom. The smallest absolute Gasteiger partial charge is 0.227 e. The van der Waals surface area contributed by atoms with Crippen LogP contribution in [0.5, 0.6) is 0 Å². The van der Waals surface area contributed by atoms with Gasteiger partial charge in [0.25, 0.3) is 0 Å². The van der Waals surface area contributed by atoms with E-state index >= 15 is 0 Å². The summed E-state index contributed by atoms with van der Waals surface area (Å²) in [5, 5.41) is 4.05. The quantitative estimate of drug-likeness (QED) is 0.866. The number of carbonyl (C=O) groups excluding carboxylic acids is 1. The first-order valence-corrected chi connectivity index (χ1v) is 8.09. The van der Waals surface area contributed by atoms with Crippen molar-refractivity contribution in [2.75, 3.05) is 6.54 Å². The third-order valence-electron chi connectivity index (χ3n) is 4.51. The van der Waals surface area contributed by atoms with Crippen molar-refractivity contribution < 1.29 is 13.7 Å². The topological polar surface area (TPSA) is 46.3 Å². The molecule has 0 unspecified atom stereocenters. The molecule has 1 atom stereocenters. The summed E-state index contributed by atoms with van der Waals surface area (Å²) in [4.78, 5) is 14.5. The van der Waals surface area contributed by atoms with Gasteiger partial charge in [0.15, 0.2) is 0 Å². The van der Waals surface area contributed by atoms with Gasteiger partial charge >= 0.3 is 0 Å². The molecule has 0 spiro atoms. The summed E-state index contributed by atoms with van der Waals surface area (Å²) < 4.78 is 19.2. The van der Waals surface area contributed by atoms with Crippen LogP contribution in [0.1, 0.15) is 48.4 Å². The number of hydrogen-bond acceptors (Lipinski definition) is 3. The number of nitrogens with zero attached hydrogens (tertiary/aromatic N) is 2. The van der Waals surface area contributed by atoms with Gasteiger partial charge in [-0.05, 0) is 31.4 Å². The highest BCUT2D eigenvalue weighted by Crippen LogP contribution is 2.36. The summed E-state index contributed by atoms with van der Waals surface area (Å²) in [5.41, 5.74) is 2.32. The minimum Gasteiger partial charge on any atom is -0.361 e. The second-order valence-electron chi connectivity index (χ2n) is 5.97. The number of amides is 1. The van der Waals surface area contributed by atoms with E-state index in [1.165, 1.54) is 6.07 Å². The maximum atomic E-state index is 13.8. The number of likely N-dealkylation sites (tertiary alicyclic amines) is 1. The molecule has 1 amide bonds. The number of aromatic nitrogens is 1. The highest BCUT2D eigenvalue weighted by Gasteiger charge is 2.34. The summed E-state index contributed by atoms with van der Waals surface area (Å²) >= 11 is 0. The van der Waals surface area contributed by atoms with Gasteiger partial charge in [0, 0.05) is 18.5 Å². The van der Waals surface area contributed by atoms with E-state index in [1.54, 1.807) is 18.2 Å². The van der Waals surface area contributed by atoms with E-state index in [1.807, 2.05) is 18.7 Å². The monoisotopic (exact) mass is 316 g/mol. The van der Waals surface area contributed by atoms with Crippen LogP contribution in [0, 0.1) is 12.7 Å². The fraction of sp³-hybridized carbons (Fsp3) is 0.444. The Balaban J connectivity index is 1.83. The van der Waals surface area contributed by atoms with E-state index in [0.717, 1.165) is 36.3 Å². The molecule has 2 heterocycles. The molecule has 23 heavy (non-hydrogen) atoms. The van der Waals surface area contributed by atoms with Crippen molar-refractivity contribution in [3.8, 4) is 0 Å². The summed E-state index contributed by atoms with van der Waals surface area (Å²) in [6, 6.07) is 6.45. The molecule has 1 aromatic carbocycles. The van der Waals surface area contributed by atoms with Crippen molar-refractivity contribution >= 4 is 5.91 Å². The Labute approximate surface area is 135 Å². The van der Waals surface area contributed by atoms with Gasteiger partial charge in [-0.3, -0.25) is 4.79 Å². The summed E-state index contributed by atoms with van der Waals surface area (Å²) in [6.07, 6.45) is 2.69. The van der Waals surface area contributed by atoms with Crippen molar-refractivity contribution in [2.24, 2.45) is 0 Å². The summed E-state index contributed by atoms with van der Waals surface area (Å²) in [7, 11) is 0. The van der Waals surface area contributed by atoms with Gasteiger partial charge in [0.1, 0.15) is 11.6 Å². The zero-order chi connectivity index (χ0) is 16.4. The molecule has 0 bridgehead atoms. The van der Waals surface area contributed by atoms with Crippen LogP contribution in [-0.2, 0) is 17.6 Å². The molecule has 5 heteroatoms. The predicted molar refractivity (Wildman–Crippen MR) is 84.4 cm³/mol. The molecule has 0 saturated carbocycles. The predicted octanol–water partition coefficient (Wildman–Crippen LogP) is 3.59. The fourth-order valence-electron chi connectivity index (χ4n) is 3.38. The second-order valence-corrected chi connectivity index (χ2v) is 5.97. The normalized spacial score (nSPS) is 17.7. The van der Waals surface area contributed by atoms with Crippen LogP contribution in [0.25, 0.3) is 0 Å². The number of halogens is 1. The van der Waals surface area contributed by atoms with Crippen LogP contribution in [0.2, 0.25) is 0 Å². The molecule has 1 fully saturated rings. The molecule has 0 radical (unpaired) electrons. The van der Waals surface area contributed by atoms with E-state index in [4.69, 9.17) is 4.52 Å². The van der Waals surface area contributed by atoms with Crippen LogP contribution >= 0.6 is 0 Å². The number of carbonyl (C=O) groups is 1. The number of benzene rings is 1. The highest BCUT2D eigenvalue weighted by atomic mass is 19.1. The van der Waals surface area contributed by atoms with Crippen molar-refractivity contribution in [2.45, 2.75) is 45.6 Å². The first-order chi connectivity index (χ1) is 11.1. The van der Waals surface area contributed by atoms with Gasteiger partial charge in [-0.1, -0.05) is 30.3 Å². The second kappa shape index (κ2) is 6.52. The molecule has 122 valence electrons. The van der Waals surface area contributed by atoms with Crippen LogP contribution < -0.4 is 0 Å². The molecule has 1 saturated heterocycles. The Bertz CT molecular complexity index is 711. The van der Waals surface area contributed by atoms with Crippen molar-refractivity contribution in [3.63, 3.8) is 0 Å². The summed E-state index contributed by atoms with van der Waals surface area (Å²) in [6.45, 7) is 4.63. The maximum absolute atomic E-state index is 13.8. The minimum atomic E-state index is -0.327. The Hall–Kier alpha value is -2.17. The van der Waals surface area contributed by atoms with Gasteiger partial charge in [0.05, 0.1) is 18.2 Å². The molecular formula is C18H21FN2O2. The molecule has 2 aromatic rings. The van der Waals surface area contributed by atoms with E-state index in [9.17, 15) is 9.18 Å². The lowest BCUT2D eigenvalue weighted by molar-refractivity contribution is -0.131. The van der Waals surface area contributed by atoms with Crippen LogP contribution in [0.3, 0.4) is 0 Å². The molecule has 0 aliphatic carbocycles. The number of aryl methyl sites for hydroxylation is 2. The standard InChI is InChI=1S/C18H21FN2O2/c1-3-16-18(12(2)20-23-16)15-9-6-10-21(15)17(22)11-13-7-4-5-8-14(13)19/h4-5,7-8,15H,3,6,9-11H2,1-2H3/t15-/m0/s1. The number of rotatable bonds is 4. The lowest BCUT2D eigenvalue weighted by Gasteiger charge is -2.25. The number of hydrogen-bond donors (Lipinski definition) is 0. The average Bonchev–Trinajstić information content (AvgIpc) is 3.15. The van der Waals surface area contributed by atoms with Crippen LogP contribution in [-0.4, -0.2) is 22.5 Å². The summed E-state index contributed by atoms with van der Waals surface area (Å²) in [5.74, 6) is 0.477. The SMILES string of the molecule is CCc1onc(C)c1[C@@H]1CCCN1C(=O)Cc1ccccc1F.